The number of fused-ring (bicyclic) bond motifs is 1. The van der Waals surface area contributed by atoms with Crippen LogP contribution in [0.3, 0.4) is 0 Å². The van der Waals surface area contributed by atoms with E-state index in [1.807, 2.05) is 49.8 Å². The SMILES string of the molecule is CC(C)OCC(O)Cc1nn(C)c2ccccc12. The van der Waals surface area contributed by atoms with Crippen LogP contribution in [-0.4, -0.2) is 33.7 Å². The van der Waals surface area contributed by atoms with Gasteiger partial charge in [0, 0.05) is 18.9 Å². The fourth-order valence-corrected chi connectivity index (χ4v) is 2.03. The molecule has 0 aliphatic carbocycles. The van der Waals surface area contributed by atoms with E-state index in [0.717, 1.165) is 16.6 Å². The zero-order valence-corrected chi connectivity index (χ0v) is 11.1. The summed E-state index contributed by atoms with van der Waals surface area (Å²) in [4.78, 5) is 0. The lowest BCUT2D eigenvalue weighted by atomic mass is 10.1. The standard InChI is InChI=1S/C14H20N2O2/c1-10(2)18-9-11(17)8-13-12-6-4-5-7-14(12)16(3)15-13/h4-7,10-11,17H,8-9H2,1-3H3. The number of hydrogen-bond donors (Lipinski definition) is 1. The summed E-state index contributed by atoms with van der Waals surface area (Å²) in [5, 5.41) is 15.5. The van der Waals surface area contributed by atoms with Crippen molar-refractivity contribution in [2.75, 3.05) is 6.61 Å². The van der Waals surface area contributed by atoms with E-state index in [2.05, 4.69) is 5.10 Å². The van der Waals surface area contributed by atoms with Gasteiger partial charge in [-0.05, 0) is 19.9 Å². The van der Waals surface area contributed by atoms with Crippen molar-refractivity contribution < 1.29 is 9.84 Å². The van der Waals surface area contributed by atoms with Gasteiger partial charge in [-0.1, -0.05) is 18.2 Å². The third kappa shape index (κ3) is 2.89. The monoisotopic (exact) mass is 248 g/mol. The first kappa shape index (κ1) is 13.1. The molecule has 0 amide bonds. The van der Waals surface area contributed by atoms with Crippen LogP contribution >= 0.6 is 0 Å². The maximum absolute atomic E-state index is 9.95. The highest BCUT2D eigenvalue weighted by Gasteiger charge is 2.13. The Hall–Kier alpha value is -1.39. The van der Waals surface area contributed by atoms with Crippen LogP contribution in [0.1, 0.15) is 19.5 Å². The number of ether oxygens (including phenoxy) is 1. The third-order valence-electron chi connectivity index (χ3n) is 2.89. The molecule has 2 rings (SSSR count). The summed E-state index contributed by atoms with van der Waals surface area (Å²) in [5.41, 5.74) is 2.01. The van der Waals surface area contributed by atoms with Gasteiger partial charge in [-0.2, -0.15) is 5.10 Å². The minimum atomic E-state index is -0.509. The van der Waals surface area contributed by atoms with Crippen LogP contribution in [0.15, 0.2) is 24.3 Å². The van der Waals surface area contributed by atoms with Gasteiger partial charge < -0.3 is 9.84 Å². The van der Waals surface area contributed by atoms with Crippen molar-refractivity contribution in [3.05, 3.63) is 30.0 Å². The third-order valence-corrected chi connectivity index (χ3v) is 2.89. The Kier molecular flexibility index (Phi) is 3.99. The molecular formula is C14H20N2O2. The lowest BCUT2D eigenvalue weighted by molar-refractivity contribution is 0.00594. The molecule has 0 aliphatic heterocycles. The first-order valence-corrected chi connectivity index (χ1v) is 6.28. The predicted molar refractivity (Wildman–Crippen MR) is 71.5 cm³/mol. The molecule has 2 aromatic rings. The van der Waals surface area contributed by atoms with Crippen LogP contribution in [-0.2, 0) is 18.2 Å². The Morgan fingerprint density at radius 2 is 2.06 bits per heavy atom. The molecule has 1 atom stereocenters. The van der Waals surface area contributed by atoms with E-state index in [0.29, 0.717) is 13.0 Å². The number of nitrogens with zero attached hydrogens (tertiary/aromatic N) is 2. The molecule has 4 heteroatoms. The molecule has 0 radical (unpaired) electrons. The van der Waals surface area contributed by atoms with Crippen LogP contribution in [0.2, 0.25) is 0 Å². The first-order valence-electron chi connectivity index (χ1n) is 6.28. The van der Waals surface area contributed by atoms with Gasteiger partial charge in [-0.25, -0.2) is 0 Å². The number of aliphatic hydroxyl groups excluding tert-OH is 1. The number of aryl methyl sites for hydroxylation is 1. The van der Waals surface area contributed by atoms with E-state index >= 15 is 0 Å². The van der Waals surface area contributed by atoms with Crippen LogP contribution < -0.4 is 0 Å². The molecule has 1 unspecified atom stereocenters. The van der Waals surface area contributed by atoms with Crippen molar-refractivity contribution in [3.8, 4) is 0 Å². The van der Waals surface area contributed by atoms with Crippen molar-refractivity contribution in [3.63, 3.8) is 0 Å². The second-order valence-electron chi connectivity index (χ2n) is 4.83. The minimum Gasteiger partial charge on any atom is -0.390 e. The van der Waals surface area contributed by atoms with E-state index in [9.17, 15) is 5.11 Å². The molecule has 1 aromatic heterocycles. The number of para-hydroxylation sites is 1. The first-order chi connectivity index (χ1) is 8.58. The molecule has 0 saturated carbocycles. The van der Waals surface area contributed by atoms with Crippen molar-refractivity contribution in [1.29, 1.82) is 0 Å². The molecule has 98 valence electrons. The fourth-order valence-electron chi connectivity index (χ4n) is 2.03. The van der Waals surface area contributed by atoms with Crippen molar-refractivity contribution in [2.45, 2.75) is 32.5 Å². The highest BCUT2D eigenvalue weighted by Crippen LogP contribution is 2.18. The van der Waals surface area contributed by atoms with Crippen molar-refractivity contribution in [1.82, 2.24) is 9.78 Å². The molecule has 1 heterocycles. The highest BCUT2D eigenvalue weighted by atomic mass is 16.5. The van der Waals surface area contributed by atoms with Gasteiger partial charge in [0.2, 0.25) is 0 Å². The maximum atomic E-state index is 9.95. The summed E-state index contributed by atoms with van der Waals surface area (Å²) < 4.78 is 7.26. The summed E-state index contributed by atoms with van der Waals surface area (Å²) in [5.74, 6) is 0. The Morgan fingerprint density at radius 1 is 1.33 bits per heavy atom. The second kappa shape index (κ2) is 5.50. The van der Waals surface area contributed by atoms with Gasteiger partial charge in [0.05, 0.1) is 30.0 Å². The molecule has 1 aromatic carbocycles. The number of aromatic nitrogens is 2. The van der Waals surface area contributed by atoms with E-state index in [1.165, 1.54) is 0 Å². The van der Waals surface area contributed by atoms with Gasteiger partial charge >= 0.3 is 0 Å². The van der Waals surface area contributed by atoms with Gasteiger partial charge in [0.15, 0.2) is 0 Å². The molecular weight excluding hydrogens is 228 g/mol. The zero-order chi connectivity index (χ0) is 13.1. The number of rotatable bonds is 5. The van der Waals surface area contributed by atoms with Gasteiger partial charge in [0.1, 0.15) is 0 Å². The Labute approximate surface area is 107 Å². The van der Waals surface area contributed by atoms with Crippen molar-refractivity contribution in [2.24, 2.45) is 7.05 Å². The summed E-state index contributed by atoms with van der Waals surface area (Å²) in [6.45, 7) is 4.27. The summed E-state index contributed by atoms with van der Waals surface area (Å²) >= 11 is 0. The summed E-state index contributed by atoms with van der Waals surface area (Å²) in [7, 11) is 1.92. The van der Waals surface area contributed by atoms with E-state index in [4.69, 9.17) is 4.74 Å². The Morgan fingerprint density at radius 3 is 2.78 bits per heavy atom. The lowest BCUT2D eigenvalue weighted by Gasteiger charge is -2.12. The molecule has 0 saturated heterocycles. The number of aliphatic hydroxyl groups is 1. The molecule has 18 heavy (non-hydrogen) atoms. The molecule has 0 aliphatic rings. The Bertz CT molecular complexity index is 519. The van der Waals surface area contributed by atoms with Gasteiger partial charge in [-0.15, -0.1) is 0 Å². The number of benzene rings is 1. The molecule has 0 bridgehead atoms. The normalized spacial score (nSPS) is 13.4. The molecule has 4 nitrogen and oxygen atoms in total. The fraction of sp³-hybridized carbons (Fsp3) is 0.500. The van der Waals surface area contributed by atoms with Crippen LogP contribution in [0, 0.1) is 0 Å². The topological polar surface area (TPSA) is 47.3 Å². The highest BCUT2D eigenvalue weighted by molar-refractivity contribution is 5.81. The van der Waals surface area contributed by atoms with E-state index in [1.54, 1.807) is 0 Å². The predicted octanol–water partition coefficient (Wildman–Crippen LogP) is 1.90. The number of hydrogen-bond acceptors (Lipinski definition) is 3. The quantitative estimate of drug-likeness (QED) is 0.879. The summed E-state index contributed by atoms with van der Waals surface area (Å²) in [6, 6.07) is 8.05. The second-order valence-corrected chi connectivity index (χ2v) is 4.83. The van der Waals surface area contributed by atoms with Crippen molar-refractivity contribution >= 4 is 10.9 Å². The lowest BCUT2D eigenvalue weighted by Crippen LogP contribution is -2.21. The summed E-state index contributed by atoms with van der Waals surface area (Å²) in [6.07, 6.45) is 0.152. The van der Waals surface area contributed by atoms with E-state index in [-0.39, 0.29) is 6.10 Å². The zero-order valence-electron chi connectivity index (χ0n) is 11.1. The largest absolute Gasteiger partial charge is 0.390 e. The maximum Gasteiger partial charge on any atom is 0.0830 e. The molecule has 1 N–H and O–H groups in total. The van der Waals surface area contributed by atoms with Crippen LogP contribution in [0.5, 0.6) is 0 Å². The van der Waals surface area contributed by atoms with Crippen LogP contribution in [0.4, 0.5) is 0 Å². The minimum absolute atomic E-state index is 0.139. The Balaban J connectivity index is 2.12. The smallest absolute Gasteiger partial charge is 0.0830 e. The van der Waals surface area contributed by atoms with Gasteiger partial charge in [-0.3, -0.25) is 4.68 Å². The molecule has 0 spiro atoms. The molecule has 0 fully saturated rings. The van der Waals surface area contributed by atoms with Gasteiger partial charge in [0.25, 0.3) is 0 Å². The van der Waals surface area contributed by atoms with Crippen LogP contribution in [0.25, 0.3) is 10.9 Å². The van der Waals surface area contributed by atoms with E-state index < -0.39 is 6.10 Å². The average molecular weight is 248 g/mol. The average Bonchev–Trinajstić information content (AvgIpc) is 2.65.